The second-order valence-corrected chi connectivity index (χ2v) is 9.22. The minimum absolute atomic E-state index is 0.159. The molecule has 7 nitrogen and oxygen atoms in total. The number of para-hydroxylation sites is 1. The summed E-state index contributed by atoms with van der Waals surface area (Å²) >= 11 is 0. The Morgan fingerprint density at radius 3 is 2.39 bits per heavy atom. The molecule has 5 aromatic rings. The molecule has 0 spiro atoms. The molecule has 1 aliphatic rings. The smallest absolute Gasteiger partial charge is 0.348 e. The minimum Gasteiger partial charge on any atom is -0.494 e. The zero-order valence-corrected chi connectivity index (χ0v) is 22.5. The van der Waals surface area contributed by atoms with E-state index >= 15 is 0 Å². The minimum atomic E-state index is -0.609. The van der Waals surface area contributed by atoms with Crippen LogP contribution < -0.4 is 18.9 Å². The van der Waals surface area contributed by atoms with Crippen LogP contribution in [0.4, 0.5) is 0 Å². The van der Waals surface area contributed by atoms with Crippen molar-refractivity contribution >= 4 is 28.8 Å². The fourth-order valence-corrected chi connectivity index (χ4v) is 4.75. The van der Waals surface area contributed by atoms with E-state index in [2.05, 4.69) is 0 Å². The number of Topliss-reactive ketones (excluding diaryl/α,β-unsaturated/α-hetero) is 1. The van der Waals surface area contributed by atoms with E-state index in [9.17, 15) is 9.59 Å². The van der Waals surface area contributed by atoms with Gasteiger partial charge in [-0.05, 0) is 56.3 Å². The number of carbonyl (C=O) groups is 2. The van der Waals surface area contributed by atoms with Crippen LogP contribution in [0.15, 0.2) is 101 Å². The summed E-state index contributed by atoms with van der Waals surface area (Å²) in [6.07, 6.45) is 1.65. The average molecular weight is 547 g/mol. The predicted octanol–water partition coefficient (Wildman–Crippen LogP) is 7.73. The Labute approximate surface area is 236 Å². The van der Waals surface area contributed by atoms with Crippen LogP contribution in [-0.2, 0) is 0 Å². The van der Waals surface area contributed by atoms with Crippen molar-refractivity contribution in [3.05, 3.63) is 113 Å². The number of furan rings is 1. The lowest BCUT2D eigenvalue weighted by atomic mass is 10.1. The van der Waals surface area contributed by atoms with Gasteiger partial charge in [0.2, 0.25) is 5.78 Å². The van der Waals surface area contributed by atoms with Crippen LogP contribution in [0.3, 0.4) is 0 Å². The molecule has 0 fully saturated rings. The van der Waals surface area contributed by atoms with Crippen LogP contribution in [0.1, 0.15) is 40.1 Å². The highest BCUT2D eigenvalue weighted by atomic mass is 16.5. The standard InChI is InChI=1S/C34H26O7/c1-3-37-23-15-17-28-26(19-23)31(33(41-28)21-10-6-5-7-11-21)34(36)39-24-14-16-25-29(20-24)40-30(32(25)35)18-22-12-8-9-13-27(22)38-4-2/h5-20H,3-4H2,1-2H3/b30-18-. The van der Waals surface area contributed by atoms with Crippen molar-refractivity contribution in [1.82, 2.24) is 0 Å². The van der Waals surface area contributed by atoms with Crippen molar-refractivity contribution < 1.29 is 33.0 Å². The van der Waals surface area contributed by atoms with Crippen LogP contribution >= 0.6 is 0 Å². The first-order valence-corrected chi connectivity index (χ1v) is 13.3. The summed E-state index contributed by atoms with van der Waals surface area (Å²) in [6, 6.07) is 26.8. The van der Waals surface area contributed by atoms with Crippen molar-refractivity contribution in [2.24, 2.45) is 0 Å². The molecular weight excluding hydrogens is 520 g/mol. The summed E-state index contributed by atoms with van der Waals surface area (Å²) in [5, 5.41) is 0.575. The number of rotatable bonds is 8. The fraction of sp³-hybridized carbons (Fsp3) is 0.118. The summed E-state index contributed by atoms with van der Waals surface area (Å²) in [6.45, 7) is 4.76. The lowest BCUT2D eigenvalue weighted by Gasteiger charge is -2.08. The largest absolute Gasteiger partial charge is 0.494 e. The number of carbonyl (C=O) groups excluding carboxylic acids is 2. The van der Waals surface area contributed by atoms with Crippen molar-refractivity contribution in [3.63, 3.8) is 0 Å². The van der Waals surface area contributed by atoms with Crippen molar-refractivity contribution in [1.29, 1.82) is 0 Å². The molecule has 4 aromatic carbocycles. The van der Waals surface area contributed by atoms with Crippen molar-refractivity contribution in [2.75, 3.05) is 13.2 Å². The zero-order valence-electron chi connectivity index (χ0n) is 22.5. The Bertz CT molecular complexity index is 1800. The highest BCUT2D eigenvalue weighted by molar-refractivity contribution is 6.15. The topological polar surface area (TPSA) is 84.2 Å². The third-order valence-corrected chi connectivity index (χ3v) is 6.57. The molecule has 1 aromatic heterocycles. The Kier molecular flexibility index (Phi) is 7.00. The first-order chi connectivity index (χ1) is 20.1. The highest BCUT2D eigenvalue weighted by Gasteiger charge is 2.29. The van der Waals surface area contributed by atoms with E-state index < -0.39 is 5.97 Å². The average Bonchev–Trinajstić information content (AvgIpc) is 3.52. The van der Waals surface area contributed by atoms with Gasteiger partial charge in [0.05, 0.1) is 18.8 Å². The van der Waals surface area contributed by atoms with Gasteiger partial charge in [-0.2, -0.15) is 0 Å². The molecule has 1 aliphatic heterocycles. The summed E-state index contributed by atoms with van der Waals surface area (Å²) in [4.78, 5) is 26.7. The van der Waals surface area contributed by atoms with Gasteiger partial charge in [-0.25, -0.2) is 4.79 Å². The van der Waals surface area contributed by atoms with E-state index in [1.165, 1.54) is 6.07 Å². The summed E-state index contributed by atoms with van der Waals surface area (Å²) in [7, 11) is 0. The van der Waals surface area contributed by atoms with Gasteiger partial charge in [0.15, 0.2) is 5.76 Å². The van der Waals surface area contributed by atoms with Crippen LogP contribution in [0.25, 0.3) is 28.4 Å². The van der Waals surface area contributed by atoms with E-state index in [4.69, 9.17) is 23.4 Å². The van der Waals surface area contributed by atoms with Crippen molar-refractivity contribution in [3.8, 4) is 34.3 Å². The van der Waals surface area contributed by atoms with E-state index in [1.54, 1.807) is 36.4 Å². The normalized spacial score (nSPS) is 13.2. The first kappa shape index (κ1) is 26.0. The van der Waals surface area contributed by atoms with Gasteiger partial charge >= 0.3 is 5.97 Å². The Balaban J connectivity index is 1.32. The second-order valence-electron chi connectivity index (χ2n) is 9.22. The Hall–Kier alpha value is -5.30. The zero-order chi connectivity index (χ0) is 28.3. The van der Waals surface area contributed by atoms with Gasteiger partial charge in [0, 0.05) is 22.6 Å². The molecule has 0 bridgehead atoms. The maximum absolute atomic E-state index is 13.7. The lowest BCUT2D eigenvalue weighted by molar-refractivity contribution is 0.0736. The molecule has 2 heterocycles. The molecule has 6 rings (SSSR count). The molecule has 0 aliphatic carbocycles. The fourth-order valence-electron chi connectivity index (χ4n) is 4.75. The number of fused-ring (bicyclic) bond motifs is 2. The molecule has 0 atom stereocenters. The monoisotopic (exact) mass is 546 g/mol. The third-order valence-electron chi connectivity index (χ3n) is 6.57. The molecule has 0 N–H and O–H groups in total. The van der Waals surface area contributed by atoms with E-state index in [-0.39, 0.29) is 22.9 Å². The second kappa shape index (κ2) is 11.1. The number of hydrogen-bond acceptors (Lipinski definition) is 7. The summed E-state index contributed by atoms with van der Waals surface area (Å²) < 4.78 is 29.2. The number of esters is 1. The maximum atomic E-state index is 13.7. The van der Waals surface area contributed by atoms with E-state index in [1.807, 2.05) is 68.4 Å². The van der Waals surface area contributed by atoms with Gasteiger partial charge in [-0.15, -0.1) is 0 Å². The van der Waals surface area contributed by atoms with Gasteiger partial charge in [0.1, 0.15) is 39.9 Å². The molecule has 0 saturated carbocycles. The van der Waals surface area contributed by atoms with Crippen LogP contribution in [0.2, 0.25) is 0 Å². The molecule has 0 unspecified atom stereocenters. The van der Waals surface area contributed by atoms with Gasteiger partial charge < -0.3 is 23.4 Å². The summed E-state index contributed by atoms with van der Waals surface area (Å²) in [5.41, 5.74) is 2.65. The van der Waals surface area contributed by atoms with E-state index in [0.29, 0.717) is 52.8 Å². The Morgan fingerprint density at radius 2 is 1.59 bits per heavy atom. The molecule has 0 amide bonds. The molecule has 0 radical (unpaired) electrons. The van der Waals surface area contributed by atoms with Crippen LogP contribution in [0.5, 0.6) is 23.0 Å². The number of ether oxygens (including phenoxy) is 4. The van der Waals surface area contributed by atoms with E-state index in [0.717, 1.165) is 11.1 Å². The number of hydrogen-bond donors (Lipinski definition) is 0. The van der Waals surface area contributed by atoms with Gasteiger partial charge in [-0.1, -0.05) is 48.5 Å². The lowest BCUT2D eigenvalue weighted by Crippen LogP contribution is -2.09. The quantitative estimate of drug-likeness (QED) is 0.112. The number of benzene rings is 4. The van der Waals surface area contributed by atoms with Crippen molar-refractivity contribution in [2.45, 2.75) is 13.8 Å². The molecule has 7 heteroatoms. The molecule has 204 valence electrons. The third kappa shape index (κ3) is 5.05. The predicted molar refractivity (Wildman–Crippen MR) is 155 cm³/mol. The van der Waals surface area contributed by atoms with Crippen LogP contribution in [0, 0.1) is 0 Å². The SMILES string of the molecule is CCOc1ccc2oc(-c3ccccc3)c(C(=O)Oc3ccc4c(c3)O/C(=C\c3ccccc3OCC)C4=O)c2c1. The summed E-state index contributed by atoms with van der Waals surface area (Å²) in [5.74, 6) is 1.48. The maximum Gasteiger partial charge on any atom is 0.348 e. The number of allylic oxidation sites excluding steroid dienone is 1. The Morgan fingerprint density at radius 1 is 0.829 bits per heavy atom. The molecule has 41 heavy (non-hydrogen) atoms. The molecule has 0 saturated heterocycles. The number of ketones is 1. The molecular formula is C34H26O7. The highest BCUT2D eigenvalue weighted by Crippen LogP contribution is 2.38. The van der Waals surface area contributed by atoms with Crippen LogP contribution in [-0.4, -0.2) is 25.0 Å². The van der Waals surface area contributed by atoms with Gasteiger partial charge in [-0.3, -0.25) is 4.79 Å². The first-order valence-electron chi connectivity index (χ1n) is 13.3. The van der Waals surface area contributed by atoms with Gasteiger partial charge in [0.25, 0.3) is 0 Å².